The molecule has 3 nitrogen and oxygen atoms in total. The number of guanidine groups is 1. The van der Waals surface area contributed by atoms with Crippen LogP contribution in [0.5, 0.6) is 0 Å². The normalized spacial score (nSPS) is 16.8. The Labute approximate surface area is 132 Å². The van der Waals surface area contributed by atoms with Gasteiger partial charge in [-0.2, -0.15) is 0 Å². The maximum absolute atomic E-state index is 14.2. The molecule has 0 aromatic heterocycles. The van der Waals surface area contributed by atoms with E-state index in [9.17, 15) is 30.7 Å². The van der Waals surface area contributed by atoms with Crippen LogP contribution in [0.15, 0.2) is 4.66 Å². The number of hydrogen-bond acceptors (Lipinski definition) is 1. The molecule has 11 heteroatoms. The molecule has 0 aromatic rings. The maximum atomic E-state index is 14.2. The van der Waals surface area contributed by atoms with Gasteiger partial charge in [0.05, 0.1) is 0 Å². The monoisotopic (exact) mass is 369 g/mol. The van der Waals surface area contributed by atoms with Gasteiger partial charge in [-0.05, 0) is 13.1 Å². The molecule has 0 fully saturated rings. The van der Waals surface area contributed by atoms with E-state index in [1.54, 1.807) is 28.2 Å². The van der Waals surface area contributed by atoms with E-state index in [0.717, 1.165) is 13.1 Å². The van der Waals surface area contributed by atoms with Crippen molar-refractivity contribution in [2.45, 2.75) is 43.6 Å². The topological polar surface area (TPSA) is 18.8 Å². The Morgan fingerprint density at radius 3 is 1.61 bits per heavy atom. The molecule has 0 saturated heterocycles. The first-order valence-electron chi connectivity index (χ1n) is 6.69. The highest BCUT2D eigenvalue weighted by molar-refractivity contribution is 6.78. The first kappa shape index (κ1) is 22.0. The van der Waals surface area contributed by atoms with Gasteiger partial charge in [0, 0.05) is 28.2 Å². The van der Waals surface area contributed by atoms with Crippen LogP contribution in [-0.2, 0) is 0 Å². The van der Waals surface area contributed by atoms with Crippen LogP contribution in [0.4, 0.5) is 30.7 Å². The van der Waals surface area contributed by atoms with Crippen molar-refractivity contribution in [3.05, 3.63) is 0 Å². The third-order valence-electron chi connectivity index (χ3n) is 3.03. The van der Waals surface area contributed by atoms with Crippen molar-refractivity contribution in [3.63, 3.8) is 0 Å². The number of rotatable bonds is 6. The number of hydrogen-bond donors (Lipinski definition) is 0. The van der Waals surface area contributed by atoms with Crippen LogP contribution in [0.2, 0.25) is 13.1 Å². The smallest absolute Gasteiger partial charge is 0.311 e. The van der Waals surface area contributed by atoms with Crippen molar-refractivity contribution >= 4 is 14.2 Å². The molecule has 0 radical (unpaired) electrons. The molecule has 3 unspecified atom stereocenters. The van der Waals surface area contributed by atoms with Crippen LogP contribution in [0.3, 0.4) is 0 Å². The zero-order valence-electron chi connectivity index (χ0n) is 13.8. The standard InChI is InChI=1S/C12H22F7N3Si/c1-21(2)11(22(3)4)20-23(5,6)10(17)12(18,19)8(14)7(13)9(15)16/h7-10H,1-6H3. The summed E-state index contributed by atoms with van der Waals surface area (Å²) in [5, 5.41) is 0. The van der Waals surface area contributed by atoms with Crippen molar-refractivity contribution in [2.24, 2.45) is 4.66 Å². The van der Waals surface area contributed by atoms with Crippen LogP contribution in [0, 0.1) is 0 Å². The van der Waals surface area contributed by atoms with E-state index in [1.807, 2.05) is 0 Å². The van der Waals surface area contributed by atoms with Gasteiger partial charge in [-0.25, -0.2) is 30.7 Å². The number of alkyl halides is 7. The summed E-state index contributed by atoms with van der Waals surface area (Å²) in [5.41, 5.74) is 0. The lowest BCUT2D eigenvalue weighted by Crippen LogP contribution is -2.57. The summed E-state index contributed by atoms with van der Waals surface area (Å²) in [5.74, 6) is -7.92. The van der Waals surface area contributed by atoms with E-state index in [2.05, 4.69) is 4.66 Å². The fourth-order valence-electron chi connectivity index (χ4n) is 1.87. The van der Waals surface area contributed by atoms with Gasteiger partial charge in [0.2, 0.25) is 14.4 Å². The van der Waals surface area contributed by atoms with Gasteiger partial charge in [-0.1, -0.05) is 0 Å². The Hall–Kier alpha value is -1.00. The summed E-state index contributed by atoms with van der Waals surface area (Å²) in [6.07, 6.45) is -11.7. The molecule has 0 rings (SSSR count). The summed E-state index contributed by atoms with van der Waals surface area (Å²) >= 11 is 0. The van der Waals surface area contributed by atoms with E-state index in [-0.39, 0.29) is 5.96 Å². The second kappa shape index (κ2) is 7.71. The SMILES string of the molecule is CN(C)C(=N[Si](C)(C)C(F)C(F)(F)C(F)C(F)C(F)F)N(C)C. The van der Waals surface area contributed by atoms with Gasteiger partial charge in [-0.3, -0.25) is 4.66 Å². The van der Waals surface area contributed by atoms with Crippen LogP contribution >= 0.6 is 0 Å². The average molecular weight is 369 g/mol. The van der Waals surface area contributed by atoms with Crippen LogP contribution in [0.25, 0.3) is 0 Å². The maximum Gasteiger partial charge on any atom is 0.311 e. The van der Waals surface area contributed by atoms with Gasteiger partial charge in [0.1, 0.15) is 0 Å². The third kappa shape index (κ3) is 5.25. The fraction of sp³-hybridized carbons (Fsp3) is 0.917. The van der Waals surface area contributed by atoms with Gasteiger partial charge < -0.3 is 9.80 Å². The molecular formula is C12H22F7N3Si. The van der Waals surface area contributed by atoms with Crippen LogP contribution in [-0.4, -0.2) is 82.7 Å². The molecule has 0 aromatic carbocycles. The molecule has 0 N–H and O–H groups in total. The molecule has 0 aliphatic carbocycles. The lowest BCUT2D eigenvalue weighted by atomic mass is 10.1. The molecule has 0 saturated carbocycles. The Bertz CT molecular complexity index is 405. The molecule has 0 bridgehead atoms. The molecule has 0 heterocycles. The van der Waals surface area contributed by atoms with E-state index < -0.39 is 38.7 Å². The summed E-state index contributed by atoms with van der Waals surface area (Å²) in [4.78, 5) is 2.87. The Morgan fingerprint density at radius 2 is 1.30 bits per heavy atom. The summed E-state index contributed by atoms with van der Waals surface area (Å²) in [7, 11) is 2.33. The zero-order valence-corrected chi connectivity index (χ0v) is 14.8. The van der Waals surface area contributed by atoms with Crippen molar-refractivity contribution in [1.82, 2.24) is 9.80 Å². The summed E-state index contributed by atoms with van der Waals surface area (Å²) in [6.45, 7) is 2.17. The van der Waals surface area contributed by atoms with Gasteiger partial charge in [0.15, 0.2) is 17.9 Å². The highest BCUT2D eigenvalue weighted by atomic mass is 28.3. The Kier molecular flexibility index (Phi) is 7.38. The Balaban J connectivity index is 5.61. The molecule has 138 valence electrons. The van der Waals surface area contributed by atoms with Gasteiger partial charge in [0.25, 0.3) is 6.43 Å². The molecule has 0 aliphatic rings. The zero-order chi connectivity index (χ0) is 18.7. The highest BCUT2D eigenvalue weighted by Gasteiger charge is 2.60. The van der Waals surface area contributed by atoms with Gasteiger partial charge in [-0.15, -0.1) is 0 Å². The van der Waals surface area contributed by atoms with E-state index in [4.69, 9.17) is 0 Å². The quantitative estimate of drug-likeness (QED) is 0.310. The first-order chi connectivity index (χ1) is 10.2. The third-order valence-corrected chi connectivity index (χ3v) is 5.44. The largest absolute Gasteiger partial charge is 0.350 e. The second-order valence-electron chi connectivity index (χ2n) is 6.07. The van der Waals surface area contributed by atoms with E-state index >= 15 is 0 Å². The molecule has 3 atom stereocenters. The molecule has 23 heavy (non-hydrogen) atoms. The minimum atomic E-state index is -4.90. The van der Waals surface area contributed by atoms with Crippen LogP contribution in [0.1, 0.15) is 0 Å². The summed E-state index contributed by atoms with van der Waals surface area (Å²) in [6, 6.07) is 0. The average Bonchev–Trinajstić information content (AvgIpc) is 2.41. The van der Waals surface area contributed by atoms with Crippen LogP contribution < -0.4 is 0 Å². The minimum absolute atomic E-state index is 0.154. The molecule has 0 aliphatic heterocycles. The fourth-order valence-corrected chi connectivity index (χ4v) is 4.00. The summed E-state index contributed by atoms with van der Waals surface area (Å²) < 4.78 is 96.2. The first-order valence-corrected chi connectivity index (χ1v) is 9.71. The lowest BCUT2D eigenvalue weighted by Gasteiger charge is -2.34. The number of nitrogens with zero attached hydrogens (tertiary/aromatic N) is 3. The minimum Gasteiger partial charge on any atom is -0.350 e. The predicted octanol–water partition coefficient (Wildman–Crippen LogP) is 3.12. The van der Waals surface area contributed by atoms with Crippen molar-refractivity contribution in [3.8, 4) is 0 Å². The lowest BCUT2D eigenvalue weighted by molar-refractivity contribution is -0.148. The Morgan fingerprint density at radius 1 is 0.913 bits per heavy atom. The van der Waals surface area contributed by atoms with E-state index in [1.165, 1.54) is 9.80 Å². The molecule has 0 amide bonds. The molecule has 0 spiro atoms. The van der Waals surface area contributed by atoms with E-state index in [0.29, 0.717) is 0 Å². The van der Waals surface area contributed by atoms with Crippen molar-refractivity contribution in [2.75, 3.05) is 28.2 Å². The van der Waals surface area contributed by atoms with Gasteiger partial charge >= 0.3 is 5.92 Å². The molecular weight excluding hydrogens is 347 g/mol. The second-order valence-corrected chi connectivity index (χ2v) is 10.1. The van der Waals surface area contributed by atoms with Crippen molar-refractivity contribution in [1.29, 1.82) is 0 Å². The predicted molar refractivity (Wildman–Crippen MR) is 77.9 cm³/mol. The highest BCUT2D eigenvalue weighted by Crippen LogP contribution is 2.37. The van der Waals surface area contributed by atoms with Crippen molar-refractivity contribution < 1.29 is 30.7 Å². The number of halogens is 7.